The van der Waals surface area contributed by atoms with Crippen LogP contribution in [0.25, 0.3) is 0 Å². The number of aliphatic hydroxyl groups is 1. The molecule has 0 aliphatic carbocycles. The molecule has 1 aromatic carbocycles. The molecule has 0 fully saturated rings. The monoisotopic (exact) mass is 227 g/mol. The molecule has 0 spiro atoms. The molecule has 82 valence electrons. The molecule has 0 aliphatic rings. The average Bonchev–Trinajstić information content (AvgIpc) is 1.99. The molecule has 2 N–H and O–H groups in total. The molecule has 1 rings (SSSR count). The highest BCUT2D eigenvalue weighted by atomic mass is 35.5. The summed E-state index contributed by atoms with van der Waals surface area (Å²) in [5.74, 6) is -0.192. The number of carbonyl (C=O) groups is 1. The lowest BCUT2D eigenvalue weighted by atomic mass is 9.96. The average molecular weight is 228 g/mol. The van der Waals surface area contributed by atoms with Gasteiger partial charge in [0.2, 0.25) is 5.91 Å². The van der Waals surface area contributed by atoms with Gasteiger partial charge in [0.05, 0.1) is 5.60 Å². The van der Waals surface area contributed by atoms with Crippen LogP contribution in [0.1, 0.15) is 26.3 Å². The third-order valence-corrected chi connectivity index (χ3v) is 2.19. The second-order valence-corrected chi connectivity index (χ2v) is 4.37. The fourth-order valence-corrected chi connectivity index (χ4v) is 1.52. The molecular formula is C11H14ClNO2. The molecule has 0 saturated carbocycles. The van der Waals surface area contributed by atoms with Crippen molar-refractivity contribution in [1.82, 2.24) is 0 Å². The predicted molar refractivity (Wildman–Crippen MR) is 61.0 cm³/mol. The van der Waals surface area contributed by atoms with Crippen LogP contribution in [0.4, 0.5) is 5.69 Å². The molecule has 0 heterocycles. The largest absolute Gasteiger partial charge is 0.386 e. The molecule has 0 radical (unpaired) electrons. The highest BCUT2D eigenvalue weighted by molar-refractivity contribution is 6.31. The van der Waals surface area contributed by atoms with Crippen LogP contribution in [0.15, 0.2) is 18.2 Å². The summed E-state index contributed by atoms with van der Waals surface area (Å²) < 4.78 is 0. The summed E-state index contributed by atoms with van der Waals surface area (Å²) in [4.78, 5) is 11.0. The zero-order chi connectivity index (χ0) is 11.6. The maximum absolute atomic E-state index is 11.0. The SMILES string of the molecule is CC(=O)Nc1cc(Cl)ccc1C(C)(C)O. The van der Waals surface area contributed by atoms with Gasteiger partial charge in [0.25, 0.3) is 0 Å². The fourth-order valence-electron chi connectivity index (χ4n) is 1.34. The van der Waals surface area contributed by atoms with Gasteiger partial charge in [-0.2, -0.15) is 0 Å². The topological polar surface area (TPSA) is 49.3 Å². The highest BCUT2D eigenvalue weighted by Gasteiger charge is 2.20. The van der Waals surface area contributed by atoms with E-state index in [0.717, 1.165) is 0 Å². The molecule has 4 heteroatoms. The van der Waals surface area contributed by atoms with Crippen LogP contribution in [0.2, 0.25) is 5.02 Å². The van der Waals surface area contributed by atoms with Crippen molar-refractivity contribution in [3.63, 3.8) is 0 Å². The van der Waals surface area contributed by atoms with E-state index >= 15 is 0 Å². The summed E-state index contributed by atoms with van der Waals surface area (Å²) in [5.41, 5.74) is 0.173. The molecular weight excluding hydrogens is 214 g/mol. The Balaban J connectivity index is 3.20. The van der Waals surface area contributed by atoms with Crippen molar-refractivity contribution in [2.75, 3.05) is 5.32 Å². The summed E-state index contributed by atoms with van der Waals surface area (Å²) in [6, 6.07) is 5.00. The van der Waals surface area contributed by atoms with Gasteiger partial charge in [-0.15, -0.1) is 0 Å². The normalized spacial score (nSPS) is 11.3. The van der Waals surface area contributed by atoms with Crippen molar-refractivity contribution in [2.24, 2.45) is 0 Å². The van der Waals surface area contributed by atoms with Crippen LogP contribution >= 0.6 is 11.6 Å². The molecule has 0 aliphatic heterocycles. The molecule has 0 unspecified atom stereocenters. The van der Waals surface area contributed by atoms with Gasteiger partial charge in [0, 0.05) is 23.2 Å². The number of amides is 1. The van der Waals surface area contributed by atoms with Gasteiger partial charge < -0.3 is 10.4 Å². The van der Waals surface area contributed by atoms with Crippen molar-refractivity contribution < 1.29 is 9.90 Å². The van der Waals surface area contributed by atoms with E-state index in [-0.39, 0.29) is 5.91 Å². The summed E-state index contributed by atoms with van der Waals surface area (Å²) in [5, 5.41) is 13.0. The first-order valence-corrected chi connectivity index (χ1v) is 4.98. The van der Waals surface area contributed by atoms with E-state index in [9.17, 15) is 9.90 Å². The van der Waals surface area contributed by atoms with Gasteiger partial charge >= 0.3 is 0 Å². The van der Waals surface area contributed by atoms with Gasteiger partial charge in [-0.05, 0) is 26.0 Å². The standard InChI is InChI=1S/C11H14ClNO2/c1-7(14)13-10-6-8(12)4-5-9(10)11(2,3)15/h4-6,15H,1-3H3,(H,13,14). The van der Waals surface area contributed by atoms with Gasteiger partial charge in [-0.25, -0.2) is 0 Å². The number of nitrogens with one attached hydrogen (secondary N) is 1. The van der Waals surface area contributed by atoms with Crippen LogP contribution in [-0.4, -0.2) is 11.0 Å². The fraction of sp³-hybridized carbons (Fsp3) is 0.364. The smallest absolute Gasteiger partial charge is 0.221 e. The first-order chi connectivity index (χ1) is 6.80. The third-order valence-electron chi connectivity index (χ3n) is 1.95. The molecule has 0 aromatic heterocycles. The lowest BCUT2D eigenvalue weighted by Crippen LogP contribution is -2.19. The number of benzene rings is 1. The minimum absolute atomic E-state index is 0.192. The Morgan fingerprint density at radius 1 is 1.47 bits per heavy atom. The Bertz CT molecular complexity index is 383. The van der Waals surface area contributed by atoms with Crippen LogP contribution in [0.3, 0.4) is 0 Å². The Hall–Kier alpha value is -1.06. The Kier molecular flexibility index (Phi) is 3.37. The number of carbonyl (C=O) groups excluding carboxylic acids is 1. The predicted octanol–water partition coefficient (Wildman–Crippen LogP) is 2.53. The van der Waals surface area contributed by atoms with E-state index in [4.69, 9.17) is 11.6 Å². The van der Waals surface area contributed by atoms with Crippen LogP contribution in [0.5, 0.6) is 0 Å². The Morgan fingerprint density at radius 3 is 2.53 bits per heavy atom. The van der Waals surface area contributed by atoms with Gasteiger partial charge in [0.1, 0.15) is 0 Å². The van der Waals surface area contributed by atoms with Crippen molar-refractivity contribution in [3.8, 4) is 0 Å². The number of rotatable bonds is 2. The van der Waals surface area contributed by atoms with Crippen molar-refractivity contribution in [1.29, 1.82) is 0 Å². The van der Waals surface area contributed by atoms with Crippen LogP contribution < -0.4 is 5.32 Å². The minimum Gasteiger partial charge on any atom is -0.386 e. The minimum atomic E-state index is -1.01. The zero-order valence-electron chi connectivity index (χ0n) is 8.97. The number of hydrogen-bond acceptors (Lipinski definition) is 2. The molecule has 0 atom stereocenters. The number of anilines is 1. The zero-order valence-corrected chi connectivity index (χ0v) is 9.72. The third kappa shape index (κ3) is 3.22. The van der Waals surface area contributed by atoms with E-state index in [1.165, 1.54) is 6.92 Å². The van der Waals surface area contributed by atoms with Crippen molar-refractivity contribution in [3.05, 3.63) is 28.8 Å². The lowest BCUT2D eigenvalue weighted by Gasteiger charge is -2.21. The van der Waals surface area contributed by atoms with Gasteiger partial charge in [-0.3, -0.25) is 4.79 Å². The maximum Gasteiger partial charge on any atom is 0.221 e. The summed E-state index contributed by atoms with van der Waals surface area (Å²) in [7, 11) is 0. The molecule has 0 bridgehead atoms. The Labute approximate surface area is 94.1 Å². The second kappa shape index (κ2) is 4.21. The summed E-state index contributed by atoms with van der Waals surface area (Å²) in [6.45, 7) is 4.72. The maximum atomic E-state index is 11.0. The summed E-state index contributed by atoms with van der Waals surface area (Å²) >= 11 is 5.82. The molecule has 3 nitrogen and oxygen atoms in total. The van der Waals surface area contributed by atoms with Crippen molar-refractivity contribution >= 4 is 23.2 Å². The molecule has 15 heavy (non-hydrogen) atoms. The van der Waals surface area contributed by atoms with Crippen molar-refractivity contribution in [2.45, 2.75) is 26.4 Å². The summed E-state index contributed by atoms with van der Waals surface area (Å²) in [6.07, 6.45) is 0. The first kappa shape index (κ1) is 12.0. The van der Waals surface area contributed by atoms with Crippen LogP contribution in [0, 0.1) is 0 Å². The Morgan fingerprint density at radius 2 is 2.07 bits per heavy atom. The second-order valence-electron chi connectivity index (χ2n) is 3.93. The molecule has 1 amide bonds. The molecule has 1 aromatic rings. The quantitative estimate of drug-likeness (QED) is 0.816. The number of halogens is 1. The van der Waals surface area contributed by atoms with Gasteiger partial charge in [-0.1, -0.05) is 17.7 Å². The van der Waals surface area contributed by atoms with Crippen LogP contribution in [-0.2, 0) is 10.4 Å². The number of hydrogen-bond donors (Lipinski definition) is 2. The first-order valence-electron chi connectivity index (χ1n) is 4.60. The van der Waals surface area contributed by atoms with Gasteiger partial charge in [0.15, 0.2) is 0 Å². The van der Waals surface area contributed by atoms with E-state index in [1.807, 2.05) is 0 Å². The van der Waals surface area contributed by atoms with E-state index < -0.39 is 5.60 Å². The van der Waals surface area contributed by atoms with E-state index in [1.54, 1.807) is 32.0 Å². The van der Waals surface area contributed by atoms with E-state index in [2.05, 4.69) is 5.32 Å². The lowest BCUT2D eigenvalue weighted by molar-refractivity contribution is -0.114. The highest BCUT2D eigenvalue weighted by Crippen LogP contribution is 2.30. The molecule has 0 saturated heterocycles. The van der Waals surface area contributed by atoms with E-state index in [0.29, 0.717) is 16.3 Å².